The normalized spacial score (nSPS) is 20.6. The van der Waals surface area contributed by atoms with Crippen LogP contribution in [0.4, 0.5) is 0 Å². The molecule has 0 bridgehead atoms. The van der Waals surface area contributed by atoms with Crippen molar-refractivity contribution in [3.63, 3.8) is 0 Å². The molecule has 2 atom stereocenters. The average molecular weight is 199 g/mol. The number of aliphatic hydroxyl groups excluding tert-OH is 1. The fourth-order valence-corrected chi connectivity index (χ4v) is 1.41. The summed E-state index contributed by atoms with van der Waals surface area (Å²) in [5.41, 5.74) is 0. The molecule has 1 rings (SSSR count). The highest BCUT2D eigenvalue weighted by molar-refractivity contribution is 5.78. The number of nitrogens with one attached hydrogen (secondary N) is 1. The number of rotatable bonds is 5. The first-order valence-corrected chi connectivity index (χ1v) is 5.48. The lowest BCUT2D eigenvalue weighted by Gasteiger charge is -2.17. The maximum Gasteiger partial charge on any atom is 0.223 e. The Morgan fingerprint density at radius 2 is 2.00 bits per heavy atom. The van der Waals surface area contributed by atoms with Crippen molar-refractivity contribution in [1.29, 1.82) is 0 Å². The minimum Gasteiger partial charge on any atom is -0.391 e. The number of amides is 1. The lowest BCUT2D eigenvalue weighted by Crippen LogP contribution is -2.38. The van der Waals surface area contributed by atoms with Gasteiger partial charge in [0.25, 0.3) is 0 Å². The molecule has 0 aromatic heterocycles. The van der Waals surface area contributed by atoms with E-state index in [1.165, 1.54) is 12.8 Å². The van der Waals surface area contributed by atoms with Gasteiger partial charge in [-0.15, -0.1) is 0 Å². The fraction of sp³-hybridized carbons (Fsp3) is 0.909. The molecule has 1 amide bonds. The summed E-state index contributed by atoms with van der Waals surface area (Å²) in [7, 11) is 0. The van der Waals surface area contributed by atoms with Gasteiger partial charge in [0, 0.05) is 12.5 Å². The summed E-state index contributed by atoms with van der Waals surface area (Å²) < 4.78 is 0. The van der Waals surface area contributed by atoms with Gasteiger partial charge in [-0.3, -0.25) is 4.79 Å². The molecular weight excluding hydrogens is 178 g/mol. The second-order valence-electron chi connectivity index (χ2n) is 4.68. The Kier molecular flexibility index (Phi) is 3.93. The highest BCUT2D eigenvalue weighted by Gasteiger charge is 2.32. The van der Waals surface area contributed by atoms with Crippen molar-refractivity contribution in [1.82, 2.24) is 5.32 Å². The van der Waals surface area contributed by atoms with Crippen LogP contribution < -0.4 is 5.32 Å². The highest BCUT2D eigenvalue weighted by atomic mass is 16.3. The second-order valence-corrected chi connectivity index (χ2v) is 4.68. The summed E-state index contributed by atoms with van der Waals surface area (Å²) in [6, 6.07) is 0. The third-order valence-corrected chi connectivity index (χ3v) is 3.00. The Morgan fingerprint density at radius 3 is 2.43 bits per heavy atom. The van der Waals surface area contributed by atoms with Crippen LogP contribution in [-0.4, -0.2) is 23.7 Å². The summed E-state index contributed by atoms with van der Waals surface area (Å²) in [5.74, 6) is 0.999. The molecule has 0 radical (unpaired) electrons. The molecule has 2 N–H and O–H groups in total. The first kappa shape index (κ1) is 11.5. The number of hydrogen-bond acceptors (Lipinski definition) is 2. The second kappa shape index (κ2) is 4.78. The fourth-order valence-electron chi connectivity index (χ4n) is 1.41. The molecule has 3 nitrogen and oxygen atoms in total. The Balaban J connectivity index is 2.19. The van der Waals surface area contributed by atoms with E-state index in [-0.39, 0.29) is 17.7 Å². The van der Waals surface area contributed by atoms with E-state index >= 15 is 0 Å². The topological polar surface area (TPSA) is 49.3 Å². The van der Waals surface area contributed by atoms with Crippen molar-refractivity contribution in [2.45, 2.75) is 39.7 Å². The van der Waals surface area contributed by atoms with Crippen LogP contribution in [0.25, 0.3) is 0 Å². The van der Waals surface area contributed by atoms with Crippen molar-refractivity contribution >= 4 is 5.91 Å². The van der Waals surface area contributed by atoms with E-state index in [1.807, 2.05) is 20.8 Å². The summed E-state index contributed by atoms with van der Waals surface area (Å²) >= 11 is 0. The van der Waals surface area contributed by atoms with Crippen LogP contribution in [0, 0.1) is 17.8 Å². The molecule has 0 aromatic carbocycles. The Hall–Kier alpha value is -0.570. The number of hydrogen-bond donors (Lipinski definition) is 2. The summed E-state index contributed by atoms with van der Waals surface area (Å²) in [5, 5.41) is 12.3. The van der Waals surface area contributed by atoms with E-state index in [4.69, 9.17) is 0 Å². The largest absolute Gasteiger partial charge is 0.391 e. The van der Waals surface area contributed by atoms with E-state index in [1.54, 1.807) is 0 Å². The van der Waals surface area contributed by atoms with Crippen molar-refractivity contribution < 1.29 is 9.90 Å². The highest BCUT2D eigenvalue weighted by Crippen LogP contribution is 2.36. The van der Waals surface area contributed by atoms with Crippen LogP contribution in [-0.2, 0) is 4.79 Å². The number of carbonyl (C=O) groups excluding carboxylic acids is 1. The predicted octanol–water partition coefficient (Wildman–Crippen LogP) is 1.17. The molecule has 82 valence electrons. The lowest BCUT2D eigenvalue weighted by atomic mass is 10.0. The third kappa shape index (κ3) is 3.29. The van der Waals surface area contributed by atoms with Crippen LogP contribution >= 0.6 is 0 Å². The standard InChI is InChI=1S/C11H21NO2/c1-7(2)10(13)6-12-11(14)8(3)9-4-5-9/h7-10,13H,4-6H2,1-3H3,(H,12,14). The van der Waals surface area contributed by atoms with Gasteiger partial charge in [-0.1, -0.05) is 20.8 Å². The van der Waals surface area contributed by atoms with Gasteiger partial charge in [0.05, 0.1) is 6.10 Å². The van der Waals surface area contributed by atoms with E-state index in [2.05, 4.69) is 5.32 Å². The predicted molar refractivity (Wildman–Crippen MR) is 55.7 cm³/mol. The number of aliphatic hydroxyl groups is 1. The van der Waals surface area contributed by atoms with E-state index < -0.39 is 6.10 Å². The van der Waals surface area contributed by atoms with Crippen LogP contribution in [0.1, 0.15) is 33.6 Å². The van der Waals surface area contributed by atoms with Gasteiger partial charge >= 0.3 is 0 Å². The Labute approximate surface area is 85.9 Å². The molecule has 1 fully saturated rings. The molecule has 14 heavy (non-hydrogen) atoms. The van der Waals surface area contributed by atoms with Crippen molar-refractivity contribution in [2.75, 3.05) is 6.54 Å². The number of carbonyl (C=O) groups is 1. The summed E-state index contributed by atoms with van der Waals surface area (Å²) in [6.07, 6.45) is 1.94. The summed E-state index contributed by atoms with van der Waals surface area (Å²) in [6.45, 7) is 6.24. The van der Waals surface area contributed by atoms with Gasteiger partial charge in [0.15, 0.2) is 0 Å². The van der Waals surface area contributed by atoms with Crippen molar-refractivity contribution in [3.05, 3.63) is 0 Å². The maximum absolute atomic E-state index is 11.5. The molecule has 1 aliphatic carbocycles. The first-order chi connectivity index (χ1) is 6.52. The SMILES string of the molecule is CC(C)C(O)CNC(=O)C(C)C1CC1. The molecule has 0 saturated heterocycles. The average Bonchev–Trinajstić information content (AvgIpc) is 2.95. The van der Waals surface area contributed by atoms with Crippen molar-refractivity contribution in [3.8, 4) is 0 Å². The summed E-state index contributed by atoms with van der Waals surface area (Å²) in [4.78, 5) is 11.5. The molecule has 2 unspecified atom stereocenters. The van der Waals surface area contributed by atoms with Crippen LogP contribution in [0.2, 0.25) is 0 Å². The maximum atomic E-state index is 11.5. The van der Waals surface area contributed by atoms with Gasteiger partial charge < -0.3 is 10.4 Å². The molecule has 3 heteroatoms. The van der Waals surface area contributed by atoms with Gasteiger partial charge in [0.1, 0.15) is 0 Å². The van der Waals surface area contributed by atoms with Crippen LogP contribution in [0.5, 0.6) is 0 Å². The third-order valence-electron chi connectivity index (χ3n) is 3.00. The molecule has 0 heterocycles. The monoisotopic (exact) mass is 199 g/mol. The lowest BCUT2D eigenvalue weighted by molar-refractivity contribution is -0.125. The Morgan fingerprint density at radius 1 is 1.43 bits per heavy atom. The zero-order valence-corrected chi connectivity index (χ0v) is 9.29. The van der Waals surface area contributed by atoms with Gasteiger partial charge in [-0.25, -0.2) is 0 Å². The van der Waals surface area contributed by atoms with Gasteiger partial charge in [-0.2, -0.15) is 0 Å². The van der Waals surface area contributed by atoms with Crippen LogP contribution in [0.3, 0.4) is 0 Å². The minimum absolute atomic E-state index is 0.0900. The molecule has 1 saturated carbocycles. The molecule has 0 aliphatic heterocycles. The smallest absolute Gasteiger partial charge is 0.223 e. The Bertz CT molecular complexity index is 199. The quantitative estimate of drug-likeness (QED) is 0.698. The first-order valence-electron chi connectivity index (χ1n) is 5.48. The molecule has 0 spiro atoms. The van der Waals surface area contributed by atoms with Crippen molar-refractivity contribution in [2.24, 2.45) is 17.8 Å². The van der Waals surface area contributed by atoms with E-state index in [9.17, 15) is 9.90 Å². The molecular formula is C11H21NO2. The van der Waals surface area contributed by atoms with E-state index in [0.29, 0.717) is 12.5 Å². The zero-order valence-electron chi connectivity index (χ0n) is 9.29. The van der Waals surface area contributed by atoms with Gasteiger partial charge in [-0.05, 0) is 24.7 Å². The van der Waals surface area contributed by atoms with E-state index in [0.717, 1.165) is 0 Å². The van der Waals surface area contributed by atoms with Crippen LogP contribution in [0.15, 0.2) is 0 Å². The van der Waals surface area contributed by atoms with Gasteiger partial charge in [0.2, 0.25) is 5.91 Å². The molecule has 1 aliphatic rings. The molecule has 0 aromatic rings. The minimum atomic E-state index is -0.426. The zero-order chi connectivity index (χ0) is 10.7.